The molecule has 0 radical (unpaired) electrons. The molecule has 7 nitrogen and oxygen atoms in total. The van der Waals surface area contributed by atoms with Gasteiger partial charge in [0.1, 0.15) is 12.2 Å². The number of aromatic amines is 1. The van der Waals surface area contributed by atoms with E-state index in [1.165, 1.54) is 19.3 Å². The van der Waals surface area contributed by atoms with Crippen molar-refractivity contribution in [1.82, 2.24) is 20.2 Å². The summed E-state index contributed by atoms with van der Waals surface area (Å²) in [6, 6.07) is 0. The van der Waals surface area contributed by atoms with Crippen LogP contribution in [-0.4, -0.2) is 39.1 Å². The van der Waals surface area contributed by atoms with Gasteiger partial charge in [0.05, 0.1) is 12.0 Å². The summed E-state index contributed by atoms with van der Waals surface area (Å²) < 4.78 is 0. The van der Waals surface area contributed by atoms with Gasteiger partial charge in [-0.15, -0.1) is 0 Å². The van der Waals surface area contributed by atoms with E-state index in [-0.39, 0.29) is 17.7 Å². The fourth-order valence-corrected chi connectivity index (χ4v) is 2.11. The first-order chi connectivity index (χ1) is 9.70. The number of imide groups is 1. The van der Waals surface area contributed by atoms with E-state index in [0.717, 1.165) is 10.6 Å². The average Bonchev–Trinajstić information content (AvgIpc) is 2.81. The smallest absolute Gasteiger partial charge is 0.277 e. The average molecular weight is 290 g/mol. The molecule has 1 fully saturated rings. The fourth-order valence-electron chi connectivity index (χ4n) is 2.11. The van der Waals surface area contributed by atoms with Crippen molar-refractivity contribution in [3.8, 4) is 0 Å². The van der Waals surface area contributed by atoms with E-state index >= 15 is 0 Å². The molecule has 2 rings (SSSR count). The van der Waals surface area contributed by atoms with Crippen LogP contribution >= 0.6 is 0 Å². The SMILES string of the molecule is CC(=O)N1CC(=O)NC(=Cc2nc[nH]c2C(C)(C)C)C1=O. The standard InChI is InChI=1S/C14H18N4O3/c1-8(19)18-6-11(20)17-10(13(18)21)5-9-12(14(2,3)4)16-7-15-9/h5,7H,6H2,1-4H3,(H,15,16)(H,17,20). The highest BCUT2D eigenvalue weighted by atomic mass is 16.2. The third kappa shape index (κ3) is 3.01. The van der Waals surface area contributed by atoms with Crippen molar-refractivity contribution in [3.63, 3.8) is 0 Å². The Morgan fingerprint density at radius 2 is 2.05 bits per heavy atom. The van der Waals surface area contributed by atoms with Gasteiger partial charge in [0.15, 0.2) is 0 Å². The number of nitrogens with zero attached hydrogens (tertiary/aromatic N) is 2. The second kappa shape index (κ2) is 5.16. The van der Waals surface area contributed by atoms with Gasteiger partial charge in [-0.3, -0.25) is 19.3 Å². The summed E-state index contributed by atoms with van der Waals surface area (Å²) in [7, 11) is 0. The van der Waals surface area contributed by atoms with Crippen molar-refractivity contribution in [2.75, 3.05) is 6.54 Å². The lowest BCUT2D eigenvalue weighted by Crippen LogP contribution is -2.51. The maximum atomic E-state index is 12.2. The third-order valence-corrected chi connectivity index (χ3v) is 3.13. The largest absolute Gasteiger partial charge is 0.348 e. The molecule has 0 aromatic carbocycles. The van der Waals surface area contributed by atoms with E-state index in [1.807, 2.05) is 20.8 Å². The van der Waals surface area contributed by atoms with Gasteiger partial charge < -0.3 is 10.3 Å². The summed E-state index contributed by atoms with van der Waals surface area (Å²) >= 11 is 0. The minimum Gasteiger partial charge on any atom is -0.348 e. The van der Waals surface area contributed by atoms with Gasteiger partial charge in [-0.1, -0.05) is 20.8 Å². The number of piperazine rings is 1. The molecule has 0 spiro atoms. The normalized spacial score (nSPS) is 18.1. The molecular formula is C14H18N4O3. The fraction of sp³-hybridized carbons (Fsp3) is 0.429. The zero-order chi connectivity index (χ0) is 15.8. The summed E-state index contributed by atoms with van der Waals surface area (Å²) in [6.45, 7) is 7.02. The maximum Gasteiger partial charge on any atom is 0.277 e. The lowest BCUT2D eigenvalue weighted by atomic mass is 9.90. The molecule has 1 aromatic heterocycles. The van der Waals surface area contributed by atoms with Crippen LogP contribution in [0.15, 0.2) is 12.0 Å². The van der Waals surface area contributed by atoms with Gasteiger partial charge in [0, 0.05) is 18.0 Å². The lowest BCUT2D eigenvalue weighted by Gasteiger charge is -2.25. The molecule has 7 heteroatoms. The van der Waals surface area contributed by atoms with Gasteiger partial charge in [0.2, 0.25) is 11.8 Å². The quantitative estimate of drug-likeness (QED) is 0.738. The highest BCUT2D eigenvalue weighted by Crippen LogP contribution is 2.24. The van der Waals surface area contributed by atoms with Crippen LogP contribution in [0.4, 0.5) is 0 Å². The van der Waals surface area contributed by atoms with E-state index in [4.69, 9.17) is 0 Å². The number of hydrogen-bond acceptors (Lipinski definition) is 4. The van der Waals surface area contributed by atoms with Crippen molar-refractivity contribution in [2.24, 2.45) is 0 Å². The number of H-pyrrole nitrogens is 1. The topological polar surface area (TPSA) is 95.2 Å². The molecule has 3 amide bonds. The molecule has 0 bridgehead atoms. The van der Waals surface area contributed by atoms with Crippen LogP contribution in [0.5, 0.6) is 0 Å². The first-order valence-electron chi connectivity index (χ1n) is 6.58. The number of hydrogen-bond donors (Lipinski definition) is 2. The van der Waals surface area contributed by atoms with Crippen molar-refractivity contribution < 1.29 is 14.4 Å². The lowest BCUT2D eigenvalue weighted by molar-refractivity contribution is -0.147. The predicted octanol–water partition coefficient (Wildman–Crippen LogP) is 0.553. The summed E-state index contributed by atoms with van der Waals surface area (Å²) in [5, 5.41) is 2.49. The van der Waals surface area contributed by atoms with Crippen LogP contribution in [0.1, 0.15) is 39.1 Å². The first kappa shape index (κ1) is 15.0. The van der Waals surface area contributed by atoms with Crippen molar-refractivity contribution in [1.29, 1.82) is 0 Å². The number of rotatable bonds is 1. The van der Waals surface area contributed by atoms with Crippen molar-refractivity contribution >= 4 is 23.8 Å². The molecule has 0 unspecified atom stereocenters. The molecule has 112 valence electrons. The molecule has 2 N–H and O–H groups in total. The van der Waals surface area contributed by atoms with Gasteiger partial charge in [-0.05, 0) is 6.08 Å². The van der Waals surface area contributed by atoms with E-state index in [9.17, 15) is 14.4 Å². The van der Waals surface area contributed by atoms with E-state index in [0.29, 0.717) is 5.69 Å². The highest BCUT2D eigenvalue weighted by Gasteiger charge is 2.31. The Morgan fingerprint density at radius 1 is 1.38 bits per heavy atom. The predicted molar refractivity (Wildman–Crippen MR) is 75.8 cm³/mol. The molecule has 0 aliphatic carbocycles. The Balaban J connectivity index is 2.41. The Kier molecular flexibility index (Phi) is 3.67. The Morgan fingerprint density at radius 3 is 2.62 bits per heavy atom. The Labute approximate surface area is 122 Å². The van der Waals surface area contributed by atoms with Crippen LogP contribution in [-0.2, 0) is 19.8 Å². The molecule has 0 saturated carbocycles. The minimum atomic E-state index is -0.523. The van der Waals surface area contributed by atoms with E-state index in [2.05, 4.69) is 15.3 Å². The number of aromatic nitrogens is 2. The molecular weight excluding hydrogens is 272 g/mol. The number of amides is 3. The van der Waals surface area contributed by atoms with Crippen molar-refractivity contribution in [2.45, 2.75) is 33.1 Å². The van der Waals surface area contributed by atoms with E-state index in [1.54, 1.807) is 0 Å². The van der Waals surface area contributed by atoms with Crippen molar-refractivity contribution in [3.05, 3.63) is 23.4 Å². The number of imidazole rings is 1. The molecule has 21 heavy (non-hydrogen) atoms. The summed E-state index contributed by atoms with van der Waals surface area (Å²) in [4.78, 5) is 43.3. The zero-order valence-electron chi connectivity index (χ0n) is 12.5. The molecule has 2 heterocycles. The molecule has 1 aliphatic heterocycles. The first-order valence-corrected chi connectivity index (χ1v) is 6.58. The maximum absolute atomic E-state index is 12.2. The summed E-state index contributed by atoms with van der Waals surface area (Å²) in [5.41, 5.74) is 1.28. The zero-order valence-corrected chi connectivity index (χ0v) is 12.5. The number of nitrogens with one attached hydrogen (secondary N) is 2. The second-order valence-electron chi connectivity index (χ2n) is 5.93. The molecule has 0 atom stereocenters. The van der Waals surface area contributed by atoms with Gasteiger partial charge in [0.25, 0.3) is 5.91 Å². The molecule has 1 saturated heterocycles. The number of carbonyl (C=O) groups excluding carboxylic acids is 3. The van der Waals surface area contributed by atoms with Gasteiger partial charge in [-0.2, -0.15) is 0 Å². The van der Waals surface area contributed by atoms with Crippen LogP contribution in [0.25, 0.3) is 6.08 Å². The van der Waals surface area contributed by atoms with Gasteiger partial charge in [-0.25, -0.2) is 4.98 Å². The third-order valence-electron chi connectivity index (χ3n) is 3.13. The van der Waals surface area contributed by atoms with Gasteiger partial charge >= 0.3 is 0 Å². The van der Waals surface area contributed by atoms with Crippen LogP contribution in [0, 0.1) is 0 Å². The van der Waals surface area contributed by atoms with Crippen LogP contribution in [0.3, 0.4) is 0 Å². The summed E-state index contributed by atoms with van der Waals surface area (Å²) in [6.07, 6.45) is 3.03. The highest BCUT2D eigenvalue weighted by molar-refractivity contribution is 6.12. The Hall–Kier alpha value is -2.44. The Bertz CT molecular complexity index is 637. The second-order valence-corrected chi connectivity index (χ2v) is 5.93. The molecule has 1 aromatic rings. The number of carbonyl (C=O) groups is 3. The van der Waals surface area contributed by atoms with Crippen LogP contribution < -0.4 is 5.32 Å². The van der Waals surface area contributed by atoms with Crippen LogP contribution in [0.2, 0.25) is 0 Å². The molecule has 1 aliphatic rings. The monoisotopic (exact) mass is 290 g/mol. The minimum absolute atomic E-state index is 0.0547. The van der Waals surface area contributed by atoms with E-state index < -0.39 is 17.7 Å². The summed E-state index contributed by atoms with van der Waals surface area (Å²) in [5.74, 6) is -1.38.